The molecule has 4 N–H and O–H groups in total. The Morgan fingerprint density at radius 2 is 1.31 bits per heavy atom. The number of carboxylic acids is 1. The number of carboxylic acid groups (broad SMARTS) is 1. The Morgan fingerprint density at radius 3 is 1.66 bits per heavy atom. The first-order chi connectivity index (χ1) is 14.1. The van der Waals surface area contributed by atoms with Crippen molar-refractivity contribution in [1.29, 1.82) is 0 Å². The molecule has 5 nitrogen and oxygen atoms in total. The predicted octanol–water partition coefficient (Wildman–Crippen LogP) is 5.53. The summed E-state index contributed by atoms with van der Waals surface area (Å²) in [5.41, 5.74) is 5.94. The van der Waals surface area contributed by atoms with E-state index < -0.39 is 5.97 Å². The van der Waals surface area contributed by atoms with Gasteiger partial charge in [-0.3, -0.25) is 9.69 Å². The number of hydrogen-bond acceptors (Lipinski definition) is 4. The van der Waals surface area contributed by atoms with Gasteiger partial charge in [-0.2, -0.15) is 0 Å². The number of rotatable bonds is 18. The van der Waals surface area contributed by atoms with E-state index in [1.54, 1.807) is 0 Å². The summed E-state index contributed by atoms with van der Waals surface area (Å²) in [6, 6.07) is 0.608. The maximum absolute atomic E-state index is 9.00. The SMILES string of the molecule is CC(=O)O.CCCCCCCCCCCCCCCCCC(CN)N1CCNC1. The lowest BCUT2D eigenvalue weighted by Crippen LogP contribution is -2.39. The summed E-state index contributed by atoms with van der Waals surface area (Å²) in [6.45, 7) is 7.56. The maximum atomic E-state index is 9.00. The fourth-order valence-corrected chi connectivity index (χ4v) is 4.04. The molecular weight excluding hydrogens is 362 g/mol. The molecule has 0 spiro atoms. The van der Waals surface area contributed by atoms with Crippen LogP contribution in [0.1, 0.15) is 117 Å². The summed E-state index contributed by atoms with van der Waals surface area (Å²) in [7, 11) is 0. The number of nitrogens with two attached hydrogens (primary N) is 1. The van der Waals surface area contributed by atoms with Crippen LogP contribution in [0, 0.1) is 0 Å². The molecule has 0 amide bonds. The van der Waals surface area contributed by atoms with Crippen molar-refractivity contribution >= 4 is 5.97 Å². The minimum atomic E-state index is -0.833. The Bertz CT molecular complexity index is 343. The molecule has 0 saturated carbocycles. The monoisotopic (exact) mass is 413 g/mol. The second-order valence-electron chi connectivity index (χ2n) is 8.62. The first-order valence-corrected chi connectivity index (χ1v) is 12.5. The minimum absolute atomic E-state index is 0.608. The number of hydrogen-bond donors (Lipinski definition) is 3. The zero-order valence-electron chi connectivity index (χ0n) is 19.6. The highest BCUT2D eigenvalue weighted by Crippen LogP contribution is 2.15. The van der Waals surface area contributed by atoms with Crippen LogP contribution in [0.25, 0.3) is 0 Å². The van der Waals surface area contributed by atoms with Crippen LogP contribution < -0.4 is 11.1 Å². The average molecular weight is 414 g/mol. The van der Waals surface area contributed by atoms with E-state index in [1.807, 2.05) is 0 Å². The Labute approximate surface area is 181 Å². The molecule has 1 heterocycles. The zero-order chi connectivity index (χ0) is 21.6. The minimum Gasteiger partial charge on any atom is -0.481 e. The molecule has 5 heteroatoms. The van der Waals surface area contributed by atoms with Crippen LogP contribution in [-0.2, 0) is 4.79 Å². The molecular formula is C24H51N3O2. The van der Waals surface area contributed by atoms with Crippen LogP contribution in [0.4, 0.5) is 0 Å². The van der Waals surface area contributed by atoms with Crippen LogP contribution in [-0.4, -0.2) is 48.3 Å². The number of unbranched alkanes of at least 4 members (excludes halogenated alkanes) is 14. The molecule has 174 valence electrons. The van der Waals surface area contributed by atoms with Crippen molar-refractivity contribution < 1.29 is 9.90 Å². The van der Waals surface area contributed by atoms with Gasteiger partial charge >= 0.3 is 0 Å². The summed E-state index contributed by atoms with van der Waals surface area (Å²) in [4.78, 5) is 11.5. The Kier molecular flexibility index (Phi) is 21.6. The van der Waals surface area contributed by atoms with Gasteiger partial charge in [0.05, 0.1) is 0 Å². The summed E-state index contributed by atoms with van der Waals surface area (Å²) < 4.78 is 0. The highest BCUT2D eigenvalue weighted by Gasteiger charge is 2.19. The van der Waals surface area contributed by atoms with Crippen LogP contribution in [0.15, 0.2) is 0 Å². The molecule has 1 rings (SSSR count). The molecule has 0 aliphatic carbocycles. The van der Waals surface area contributed by atoms with Gasteiger partial charge in [0.2, 0.25) is 0 Å². The van der Waals surface area contributed by atoms with Crippen molar-refractivity contribution in [3.05, 3.63) is 0 Å². The predicted molar refractivity (Wildman–Crippen MR) is 125 cm³/mol. The molecule has 1 aliphatic rings. The van der Waals surface area contributed by atoms with Gasteiger partial charge in [-0.1, -0.05) is 103 Å². The molecule has 0 aromatic rings. The first-order valence-electron chi connectivity index (χ1n) is 12.5. The van der Waals surface area contributed by atoms with Gasteiger partial charge in [0, 0.05) is 39.3 Å². The Morgan fingerprint density at radius 1 is 0.897 bits per heavy atom. The van der Waals surface area contributed by atoms with E-state index in [4.69, 9.17) is 15.6 Å². The van der Waals surface area contributed by atoms with E-state index in [-0.39, 0.29) is 0 Å². The molecule has 0 bridgehead atoms. The van der Waals surface area contributed by atoms with Crippen molar-refractivity contribution in [1.82, 2.24) is 10.2 Å². The lowest BCUT2D eigenvalue weighted by atomic mass is 10.0. The topological polar surface area (TPSA) is 78.6 Å². The third-order valence-corrected chi connectivity index (χ3v) is 5.82. The third kappa shape index (κ3) is 20.4. The molecule has 0 radical (unpaired) electrons. The van der Waals surface area contributed by atoms with Gasteiger partial charge in [0.25, 0.3) is 5.97 Å². The first kappa shape index (κ1) is 28.4. The molecule has 0 aromatic carbocycles. The summed E-state index contributed by atoms with van der Waals surface area (Å²) in [6.07, 6.45) is 22.9. The van der Waals surface area contributed by atoms with Crippen LogP contribution >= 0.6 is 0 Å². The number of nitrogens with zero attached hydrogens (tertiary/aromatic N) is 1. The summed E-state index contributed by atoms with van der Waals surface area (Å²) in [5, 5.41) is 10.8. The Hall–Kier alpha value is -0.650. The number of nitrogens with one attached hydrogen (secondary N) is 1. The molecule has 1 aliphatic heterocycles. The van der Waals surface area contributed by atoms with E-state index in [0.717, 1.165) is 26.7 Å². The second-order valence-corrected chi connectivity index (χ2v) is 8.62. The quantitative estimate of drug-likeness (QED) is 0.258. The van der Waals surface area contributed by atoms with Crippen molar-refractivity contribution in [3.63, 3.8) is 0 Å². The van der Waals surface area contributed by atoms with E-state index in [1.165, 1.54) is 109 Å². The van der Waals surface area contributed by atoms with Gasteiger partial charge in [-0.05, 0) is 6.42 Å². The smallest absolute Gasteiger partial charge is 0.300 e. The normalized spacial score (nSPS) is 15.1. The van der Waals surface area contributed by atoms with Crippen molar-refractivity contribution in [2.75, 3.05) is 26.3 Å². The number of carbonyl (C=O) groups is 1. The van der Waals surface area contributed by atoms with Gasteiger partial charge in [0.15, 0.2) is 0 Å². The maximum Gasteiger partial charge on any atom is 0.300 e. The van der Waals surface area contributed by atoms with Crippen LogP contribution in [0.2, 0.25) is 0 Å². The fraction of sp³-hybridized carbons (Fsp3) is 0.958. The molecule has 1 atom stereocenters. The second kappa shape index (κ2) is 22.0. The molecule has 1 fully saturated rings. The van der Waals surface area contributed by atoms with Gasteiger partial charge in [-0.15, -0.1) is 0 Å². The molecule has 1 saturated heterocycles. The van der Waals surface area contributed by atoms with Crippen molar-refractivity contribution in [2.45, 2.75) is 123 Å². The van der Waals surface area contributed by atoms with Gasteiger partial charge < -0.3 is 16.2 Å². The Balaban J connectivity index is 0.00000178. The van der Waals surface area contributed by atoms with E-state index >= 15 is 0 Å². The van der Waals surface area contributed by atoms with E-state index in [9.17, 15) is 0 Å². The van der Waals surface area contributed by atoms with E-state index in [2.05, 4.69) is 17.1 Å². The zero-order valence-corrected chi connectivity index (χ0v) is 19.6. The average Bonchev–Trinajstić information content (AvgIpc) is 3.22. The number of aliphatic carboxylic acids is 1. The molecule has 29 heavy (non-hydrogen) atoms. The molecule has 0 aromatic heterocycles. The fourth-order valence-electron chi connectivity index (χ4n) is 4.04. The molecule has 1 unspecified atom stereocenters. The highest BCUT2D eigenvalue weighted by atomic mass is 16.4. The van der Waals surface area contributed by atoms with Crippen LogP contribution in [0.3, 0.4) is 0 Å². The van der Waals surface area contributed by atoms with Crippen LogP contribution in [0.5, 0.6) is 0 Å². The van der Waals surface area contributed by atoms with Crippen molar-refractivity contribution in [2.24, 2.45) is 5.73 Å². The van der Waals surface area contributed by atoms with E-state index in [0.29, 0.717) is 6.04 Å². The summed E-state index contributed by atoms with van der Waals surface area (Å²) in [5.74, 6) is -0.833. The standard InChI is InChI=1S/C22H47N3.C2H4O2/c1-2-3-4-5-6-7-8-9-10-11-12-13-14-15-16-17-22(20-23)25-19-18-24-21-25;1-2(3)4/h22,24H,2-21,23H2,1H3;1H3,(H,3,4). The van der Waals surface area contributed by atoms with Gasteiger partial charge in [-0.25, -0.2) is 0 Å². The van der Waals surface area contributed by atoms with Gasteiger partial charge in [0.1, 0.15) is 0 Å². The highest BCUT2D eigenvalue weighted by molar-refractivity contribution is 5.62. The lowest BCUT2D eigenvalue weighted by Gasteiger charge is -2.25. The third-order valence-electron chi connectivity index (χ3n) is 5.82. The largest absolute Gasteiger partial charge is 0.481 e. The van der Waals surface area contributed by atoms with Crippen molar-refractivity contribution in [3.8, 4) is 0 Å². The summed E-state index contributed by atoms with van der Waals surface area (Å²) >= 11 is 0. The lowest BCUT2D eigenvalue weighted by molar-refractivity contribution is -0.134.